The first-order valence-electron chi connectivity index (χ1n) is 8.05. The molecule has 0 bridgehead atoms. The number of hydrogen-bond donors (Lipinski definition) is 3. The molecular formula is C17H20FN3O3. The average molecular weight is 333 g/mol. The van der Waals surface area contributed by atoms with Gasteiger partial charge in [-0.3, -0.25) is 4.79 Å². The number of carbonyl (C=O) groups is 1. The number of nitrogens with zero attached hydrogens (tertiary/aromatic N) is 1. The van der Waals surface area contributed by atoms with Gasteiger partial charge in [0.2, 0.25) is 5.43 Å². The van der Waals surface area contributed by atoms with E-state index in [-0.39, 0.29) is 10.9 Å². The van der Waals surface area contributed by atoms with Crippen molar-refractivity contribution >= 4 is 22.6 Å². The molecule has 1 fully saturated rings. The van der Waals surface area contributed by atoms with E-state index in [1.165, 1.54) is 0 Å². The van der Waals surface area contributed by atoms with Crippen LogP contribution in [0.3, 0.4) is 0 Å². The zero-order valence-electron chi connectivity index (χ0n) is 13.4. The summed E-state index contributed by atoms with van der Waals surface area (Å²) in [6.45, 7) is 5.38. The van der Waals surface area contributed by atoms with E-state index in [9.17, 15) is 14.0 Å². The number of pyridine rings is 1. The molecule has 7 heteroatoms. The Bertz CT molecular complexity index is 834. The van der Waals surface area contributed by atoms with E-state index in [1.807, 2.05) is 4.90 Å². The molecule has 1 unspecified atom stereocenters. The summed E-state index contributed by atoms with van der Waals surface area (Å²) in [5.74, 6) is -1.36. The van der Waals surface area contributed by atoms with Gasteiger partial charge in [-0.05, 0) is 37.6 Å². The van der Waals surface area contributed by atoms with Crippen molar-refractivity contribution in [3.8, 4) is 0 Å². The molecule has 2 heterocycles. The Kier molecular flexibility index (Phi) is 4.53. The number of H-pyrrole nitrogens is 1. The van der Waals surface area contributed by atoms with E-state index in [0.29, 0.717) is 17.1 Å². The second kappa shape index (κ2) is 6.60. The number of fused-ring (bicyclic) bond motifs is 1. The van der Waals surface area contributed by atoms with Gasteiger partial charge in [0.05, 0.1) is 11.2 Å². The Morgan fingerprint density at radius 3 is 3.00 bits per heavy atom. The topological polar surface area (TPSA) is 85.4 Å². The summed E-state index contributed by atoms with van der Waals surface area (Å²) < 4.78 is 14.5. The number of aromatic carboxylic acids is 1. The number of halogens is 1. The van der Waals surface area contributed by atoms with Crippen LogP contribution >= 0.6 is 0 Å². The molecule has 0 saturated carbocycles. The molecule has 1 aromatic carbocycles. The van der Waals surface area contributed by atoms with Gasteiger partial charge in [-0.1, -0.05) is 6.92 Å². The third-order valence-electron chi connectivity index (χ3n) is 4.49. The quantitative estimate of drug-likeness (QED) is 0.777. The van der Waals surface area contributed by atoms with Crippen molar-refractivity contribution in [1.82, 2.24) is 10.3 Å². The highest BCUT2D eigenvalue weighted by Gasteiger charge is 2.25. The standard InChI is InChI=1S/C17H20FN3O3/c1-2-19-7-10-3-4-21(9-10)15-6-14-11(5-13(15)18)16(22)12(8-20-14)17(23)24/h5-6,8,10,19H,2-4,7,9H2,1H3,(H,20,22)(H,23,24). The first-order chi connectivity index (χ1) is 11.5. The largest absolute Gasteiger partial charge is 0.477 e. The number of carboxylic acids is 1. The van der Waals surface area contributed by atoms with Crippen LogP contribution in [0.4, 0.5) is 10.1 Å². The summed E-state index contributed by atoms with van der Waals surface area (Å²) >= 11 is 0. The maximum absolute atomic E-state index is 14.5. The normalized spacial score (nSPS) is 17.6. The van der Waals surface area contributed by atoms with Gasteiger partial charge >= 0.3 is 5.97 Å². The molecule has 1 aliphatic heterocycles. The van der Waals surface area contributed by atoms with Crippen molar-refractivity contribution in [3.05, 3.63) is 39.9 Å². The molecule has 1 saturated heterocycles. The SMILES string of the molecule is CCNCC1CCN(c2cc3[nH]cc(C(=O)O)c(=O)c3cc2F)C1. The van der Waals surface area contributed by atoms with Gasteiger partial charge in [0.15, 0.2) is 0 Å². The molecule has 3 rings (SSSR count). The summed E-state index contributed by atoms with van der Waals surface area (Å²) in [7, 11) is 0. The average Bonchev–Trinajstić information content (AvgIpc) is 3.01. The lowest BCUT2D eigenvalue weighted by Crippen LogP contribution is -2.26. The minimum atomic E-state index is -1.33. The van der Waals surface area contributed by atoms with Gasteiger partial charge < -0.3 is 20.3 Å². The smallest absolute Gasteiger partial charge is 0.341 e. The van der Waals surface area contributed by atoms with E-state index in [4.69, 9.17) is 5.11 Å². The van der Waals surface area contributed by atoms with Crippen molar-refractivity contribution in [1.29, 1.82) is 0 Å². The Hall–Kier alpha value is -2.41. The lowest BCUT2D eigenvalue weighted by molar-refractivity contribution is 0.0695. The molecular weight excluding hydrogens is 313 g/mol. The van der Waals surface area contributed by atoms with Gasteiger partial charge in [-0.25, -0.2) is 9.18 Å². The molecule has 0 aliphatic carbocycles. The van der Waals surface area contributed by atoms with Crippen molar-refractivity contribution in [2.45, 2.75) is 13.3 Å². The lowest BCUT2D eigenvalue weighted by Gasteiger charge is -2.20. The van der Waals surface area contributed by atoms with Crippen LogP contribution in [0.5, 0.6) is 0 Å². The Balaban J connectivity index is 1.94. The van der Waals surface area contributed by atoms with Crippen molar-refractivity contribution in [3.63, 3.8) is 0 Å². The first-order valence-corrected chi connectivity index (χ1v) is 8.05. The Labute approximate surface area is 138 Å². The number of aromatic nitrogens is 1. The summed E-state index contributed by atoms with van der Waals surface area (Å²) in [6.07, 6.45) is 2.14. The third kappa shape index (κ3) is 2.99. The number of nitrogens with one attached hydrogen (secondary N) is 2. The van der Waals surface area contributed by atoms with Crippen LogP contribution in [0.15, 0.2) is 23.1 Å². The van der Waals surface area contributed by atoms with E-state index in [1.54, 1.807) is 6.07 Å². The van der Waals surface area contributed by atoms with Crippen molar-refractivity contribution < 1.29 is 14.3 Å². The minimum Gasteiger partial charge on any atom is -0.477 e. The summed E-state index contributed by atoms with van der Waals surface area (Å²) in [4.78, 5) is 27.9. The van der Waals surface area contributed by atoms with Crippen LogP contribution in [-0.2, 0) is 0 Å². The number of hydrogen-bond acceptors (Lipinski definition) is 4. The highest BCUT2D eigenvalue weighted by atomic mass is 19.1. The number of anilines is 1. The van der Waals surface area contributed by atoms with Crippen molar-refractivity contribution in [2.75, 3.05) is 31.1 Å². The van der Waals surface area contributed by atoms with E-state index >= 15 is 0 Å². The fourth-order valence-corrected chi connectivity index (χ4v) is 3.20. The molecule has 1 aromatic heterocycles. The second-order valence-corrected chi connectivity index (χ2v) is 6.09. The van der Waals surface area contributed by atoms with Crippen LogP contribution in [0.1, 0.15) is 23.7 Å². The fourth-order valence-electron chi connectivity index (χ4n) is 3.20. The Morgan fingerprint density at radius 1 is 1.50 bits per heavy atom. The molecule has 0 amide bonds. The number of carboxylic acid groups (broad SMARTS) is 1. The van der Waals surface area contributed by atoms with Gasteiger partial charge in [-0.2, -0.15) is 0 Å². The monoisotopic (exact) mass is 333 g/mol. The second-order valence-electron chi connectivity index (χ2n) is 6.09. The molecule has 24 heavy (non-hydrogen) atoms. The summed E-state index contributed by atoms with van der Waals surface area (Å²) in [5, 5.41) is 12.4. The van der Waals surface area contributed by atoms with Crippen molar-refractivity contribution in [2.24, 2.45) is 5.92 Å². The highest BCUT2D eigenvalue weighted by molar-refractivity contribution is 5.93. The van der Waals surface area contributed by atoms with Gasteiger partial charge in [0.1, 0.15) is 11.4 Å². The molecule has 6 nitrogen and oxygen atoms in total. The minimum absolute atomic E-state index is 0.0551. The number of aromatic amines is 1. The molecule has 3 N–H and O–H groups in total. The summed E-state index contributed by atoms with van der Waals surface area (Å²) in [5.41, 5.74) is -0.175. The third-order valence-corrected chi connectivity index (χ3v) is 4.49. The maximum atomic E-state index is 14.5. The molecule has 1 atom stereocenters. The predicted octanol–water partition coefficient (Wildman–Crippen LogP) is 1.80. The number of benzene rings is 1. The lowest BCUT2D eigenvalue weighted by atomic mass is 10.1. The molecule has 1 aliphatic rings. The highest BCUT2D eigenvalue weighted by Crippen LogP contribution is 2.28. The first kappa shape index (κ1) is 16.4. The van der Waals surface area contributed by atoms with Crippen LogP contribution < -0.4 is 15.6 Å². The molecule has 128 valence electrons. The molecule has 2 aromatic rings. The van der Waals surface area contributed by atoms with Crippen LogP contribution in [0.25, 0.3) is 10.9 Å². The van der Waals surface area contributed by atoms with E-state index < -0.39 is 17.2 Å². The van der Waals surface area contributed by atoms with Gasteiger partial charge in [0.25, 0.3) is 0 Å². The van der Waals surface area contributed by atoms with Gasteiger partial charge in [-0.15, -0.1) is 0 Å². The van der Waals surface area contributed by atoms with E-state index in [0.717, 1.165) is 44.9 Å². The molecule has 0 radical (unpaired) electrons. The van der Waals surface area contributed by atoms with E-state index in [2.05, 4.69) is 17.2 Å². The number of rotatable bonds is 5. The van der Waals surface area contributed by atoms with Crippen LogP contribution in [-0.4, -0.2) is 42.2 Å². The fraction of sp³-hybridized carbons (Fsp3) is 0.412. The predicted molar refractivity (Wildman–Crippen MR) is 90.3 cm³/mol. The maximum Gasteiger partial charge on any atom is 0.341 e. The summed E-state index contributed by atoms with van der Waals surface area (Å²) in [6, 6.07) is 2.72. The van der Waals surface area contributed by atoms with Crippen LogP contribution in [0.2, 0.25) is 0 Å². The zero-order valence-corrected chi connectivity index (χ0v) is 13.4. The van der Waals surface area contributed by atoms with Crippen LogP contribution in [0, 0.1) is 11.7 Å². The molecule has 0 spiro atoms. The Morgan fingerprint density at radius 2 is 2.29 bits per heavy atom. The van der Waals surface area contributed by atoms with Gasteiger partial charge in [0, 0.05) is 24.7 Å². The zero-order chi connectivity index (χ0) is 17.3.